The largest absolute Gasteiger partial charge is 0.493 e. The molecule has 1 amide bonds. The quantitative estimate of drug-likeness (QED) is 0.511. The maximum Gasteiger partial charge on any atom is 0.255 e. The first kappa shape index (κ1) is 17.4. The molecule has 2 heterocycles. The number of nitrogens with one attached hydrogen (secondary N) is 2. The van der Waals surface area contributed by atoms with Crippen LogP contribution in [0.2, 0.25) is 0 Å². The molecule has 2 aromatic heterocycles. The van der Waals surface area contributed by atoms with Gasteiger partial charge in [-0.1, -0.05) is 36.4 Å². The molecule has 2 aromatic rings. The molecule has 2 rings (SSSR count). The fourth-order valence-electron chi connectivity index (χ4n) is 1.64. The Kier molecular flexibility index (Phi) is 6.11. The number of anilines is 1. The van der Waals surface area contributed by atoms with E-state index in [1.165, 1.54) is 11.3 Å². The van der Waals surface area contributed by atoms with Gasteiger partial charge in [0.1, 0.15) is 5.01 Å². The van der Waals surface area contributed by atoms with Crippen molar-refractivity contribution in [3.63, 3.8) is 0 Å². The summed E-state index contributed by atoms with van der Waals surface area (Å²) in [6, 6.07) is 0.966. The average Bonchev–Trinajstić information content (AvgIpc) is 2.91. The SMILES string of the molecule is CCCCc1nnc(NC(=O)C(C)Sc2nc(O)cc(=O)[nH]2)s1. The molecule has 10 heteroatoms. The lowest BCUT2D eigenvalue weighted by Crippen LogP contribution is -2.23. The summed E-state index contributed by atoms with van der Waals surface area (Å²) in [5.74, 6) is -0.660. The van der Waals surface area contributed by atoms with Crippen molar-refractivity contribution in [1.29, 1.82) is 0 Å². The Morgan fingerprint density at radius 3 is 3.00 bits per heavy atom. The molecule has 0 bridgehead atoms. The first-order valence-electron chi connectivity index (χ1n) is 7.08. The first-order chi connectivity index (χ1) is 11.0. The number of rotatable bonds is 7. The molecule has 0 aliphatic carbocycles. The highest BCUT2D eigenvalue weighted by atomic mass is 32.2. The number of nitrogens with zero attached hydrogens (tertiary/aromatic N) is 3. The second-order valence-corrected chi connectivity index (χ2v) is 7.15. The topological polar surface area (TPSA) is 121 Å². The fraction of sp³-hybridized carbons (Fsp3) is 0.462. The highest BCUT2D eigenvalue weighted by Crippen LogP contribution is 2.22. The monoisotopic (exact) mass is 355 g/mol. The zero-order valence-electron chi connectivity index (χ0n) is 12.7. The summed E-state index contributed by atoms with van der Waals surface area (Å²) in [5.41, 5.74) is -0.475. The van der Waals surface area contributed by atoms with Gasteiger partial charge in [0.15, 0.2) is 5.16 Å². The minimum absolute atomic E-state index is 0.179. The normalized spacial score (nSPS) is 12.1. The summed E-state index contributed by atoms with van der Waals surface area (Å²) >= 11 is 2.39. The van der Waals surface area contributed by atoms with Crippen molar-refractivity contribution in [3.8, 4) is 5.88 Å². The van der Waals surface area contributed by atoms with Gasteiger partial charge in [-0.2, -0.15) is 4.98 Å². The number of unbranched alkanes of at least 4 members (excludes halogenated alkanes) is 1. The number of aryl methyl sites for hydroxylation is 1. The Hall–Kier alpha value is -1.94. The van der Waals surface area contributed by atoms with Crippen molar-refractivity contribution in [3.05, 3.63) is 21.4 Å². The van der Waals surface area contributed by atoms with Crippen LogP contribution >= 0.6 is 23.1 Å². The molecule has 0 saturated heterocycles. The zero-order valence-corrected chi connectivity index (χ0v) is 14.3. The molecule has 0 aliphatic rings. The Morgan fingerprint density at radius 2 is 2.30 bits per heavy atom. The molecule has 124 valence electrons. The standard InChI is InChI=1S/C13H17N5O3S2/c1-3-4-5-10-17-18-13(23-10)16-11(21)7(2)22-12-14-8(19)6-9(20)15-12/h6-7H,3-5H2,1-2H3,(H,16,18,21)(H2,14,15,19,20). The van der Waals surface area contributed by atoms with Crippen LogP contribution in [0, 0.1) is 0 Å². The average molecular weight is 355 g/mol. The first-order valence-corrected chi connectivity index (χ1v) is 8.77. The van der Waals surface area contributed by atoms with E-state index in [2.05, 4.69) is 32.4 Å². The highest BCUT2D eigenvalue weighted by Gasteiger charge is 2.18. The van der Waals surface area contributed by atoms with Crippen molar-refractivity contribution in [2.45, 2.75) is 43.5 Å². The third-order valence-electron chi connectivity index (χ3n) is 2.81. The van der Waals surface area contributed by atoms with Gasteiger partial charge in [-0.3, -0.25) is 14.9 Å². The lowest BCUT2D eigenvalue weighted by molar-refractivity contribution is -0.115. The maximum atomic E-state index is 12.1. The highest BCUT2D eigenvalue weighted by molar-refractivity contribution is 8.00. The van der Waals surface area contributed by atoms with Gasteiger partial charge in [0.2, 0.25) is 16.9 Å². The van der Waals surface area contributed by atoms with Gasteiger partial charge in [-0.05, 0) is 13.3 Å². The Morgan fingerprint density at radius 1 is 1.52 bits per heavy atom. The van der Waals surface area contributed by atoms with Crippen LogP contribution in [0.4, 0.5) is 5.13 Å². The number of amides is 1. The van der Waals surface area contributed by atoms with Gasteiger partial charge in [-0.15, -0.1) is 10.2 Å². The summed E-state index contributed by atoms with van der Waals surface area (Å²) in [5, 5.41) is 20.9. The lowest BCUT2D eigenvalue weighted by atomic mass is 10.3. The number of hydrogen-bond donors (Lipinski definition) is 3. The molecule has 23 heavy (non-hydrogen) atoms. The number of hydrogen-bond acceptors (Lipinski definition) is 8. The van der Waals surface area contributed by atoms with Gasteiger partial charge < -0.3 is 10.1 Å². The van der Waals surface area contributed by atoms with Gasteiger partial charge in [0.25, 0.3) is 5.56 Å². The van der Waals surface area contributed by atoms with Crippen LogP contribution in [-0.2, 0) is 11.2 Å². The molecular formula is C13H17N5O3S2. The summed E-state index contributed by atoms with van der Waals surface area (Å²) in [4.78, 5) is 29.6. The zero-order chi connectivity index (χ0) is 16.8. The van der Waals surface area contributed by atoms with E-state index in [1.54, 1.807) is 6.92 Å². The van der Waals surface area contributed by atoms with Crippen molar-refractivity contribution in [1.82, 2.24) is 20.2 Å². The molecule has 0 fully saturated rings. The Labute approximate surface area is 140 Å². The number of carbonyl (C=O) groups excluding carboxylic acids is 1. The number of aromatic hydroxyl groups is 1. The molecule has 0 spiro atoms. The van der Waals surface area contributed by atoms with Crippen LogP contribution in [0.5, 0.6) is 5.88 Å². The predicted octanol–water partition coefficient (Wildman–Crippen LogP) is 1.79. The fourth-order valence-corrected chi connectivity index (χ4v) is 3.23. The molecular weight excluding hydrogens is 338 g/mol. The van der Waals surface area contributed by atoms with E-state index in [0.717, 1.165) is 42.1 Å². The molecule has 3 N–H and O–H groups in total. The third-order valence-corrected chi connectivity index (χ3v) is 4.69. The molecule has 8 nitrogen and oxygen atoms in total. The number of thioether (sulfide) groups is 1. The summed E-state index contributed by atoms with van der Waals surface area (Å²) < 4.78 is 0. The van der Waals surface area contributed by atoms with E-state index in [4.69, 9.17) is 0 Å². The van der Waals surface area contributed by atoms with Crippen LogP contribution < -0.4 is 10.9 Å². The maximum absolute atomic E-state index is 12.1. The van der Waals surface area contributed by atoms with Crippen molar-refractivity contribution >= 4 is 34.1 Å². The molecule has 1 atom stereocenters. The van der Waals surface area contributed by atoms with Crippen LogP contribution in [0.1, 0.15) is 31.7 Å². The number of aromatic amines is 1. The Bertz CT molecular complexity index is 730. The van der Waals surface area contributed by atoms with E-state index in [0.29, 0.717) is 5.13 Å². The van der Waals surface area contributed by atoms with Crippen molar-refractivity contribution < 1.29 is 9.90 Å². The predicted molar refractivity (Wildman–Crippen MR) is 89.0 cm³/mol. The van der Waals surface area contributed by atoms with E-state index in [1.807, 2.05) is 0 Å². The second kappa shape index (κ2) is 8.06. The van der Waals surface area contributed by atoms with Crippen LogP contribution in [0.25, 0.3) is 0 Å². The van der Waals surface area contributed by atoms with E-state index < -0.39 is 10.8 Å². The molecule has 0 aliphatic heterocycles. The number of aromatic nitrogens is 4. The second-order valence-electron chi connectivity index (χ2n) is 4.76. The van der Waals surface area contributed by atoms with Crippen LogP contribution in [0.3, 0.4) is 0 Å². The molecule has 0 aromatic carbocycles. The van der Waals surface area contributed by atoms with E-state index in [-0.39, 0.29) is 16.9 Å². The number of carbonyl (C=O) groups is 1. The van der Waals surface area contributed by atoms with Gasteiger partial charge in [0, 0.05) is 6.42 Å². The number of H-pyrrole nitrogens is 1. The summed E-state index contributed by atoms with van der Waals surface area (Å²) in [7, 11) is 0. The van der Waals surface area contributed by atoms with Gasteiger partial charge in [-0.25, -0.2) is 0 Å². The van der Waals surface area contributed by atoms with Crippen LogP contribution in [0.15, 0.2) is 16.0 Å². The minimum atomic E-state index is -0.525. The van der Waals surface area contributed by atoms with Gasteiger partial charge >= 0.3 is 0 Å². The summed E-state index contributed by atoms with van der Waals surface area (Å²) in [6.07, 6.45) is 2.96. The summed E-state index contributed by atoms with van der Waals surface area (Å²) in [6.45, 7) is 3.77. The molecule has 0 saturated carbocycles. The van der Waals surface area contributed by atoms with E-state index >= 15 is 0 Å². The van der Waals surface area contributed by atoms with Crippen LogP contribution in [-0.4, -0.2) is 36.4 Å². The van der Waals surface area contributed by atoms with E-state index in [9.17, 15) is 14.7 Å². The smallest absolute Gasteiger partial charge is 0.255 e. The molecule has 1 unspecified atom stereocenters. The lowest BCUT2D eigenvalue weighted by Gasteiger charge is -2.09. The Balaban J connectivity index is 1.94. The van der Waals surface area contributed by atoms with Gasteiger partial charge in [0.05, 0.1) is 11.3 Å². The third kappa shape index (κ3) is 5.32. The van der Waals surface area contributed by atoms with Crippen molar-refractivity contribution in [2.24, 2.45) is 0 Å². The minimum Gasteiger partial charge on any atom is -0.493 e. The van der Waals surface area contributed by atoms with Crippen molar-refractivity contribution in [2.75, 3.05) is 5.32 Å². The molecule has 0 radical (unpaired) electrons.